The first kappa shape index (κ1) is 19.5. The van der Waals surface area contributed by atoms with Crippen LogP contribution in [0.5, 0.6) is 5.75 Å². The Balaban J connectivity index is 2.05. The first-order valence-corrected chi connectivity index (χ1v) is 10.0. The number of nitrogens with one attached hydrogen (secondary N) is 1. The molecule has 3 N–H and O–H groups in total. The summed E-state index contributed by atoms with van der Waals surface area (Å²) in [5.41, 5.74) is 12.2. The number of hydrogen-bond donors (Lipinski definition) is 2. The third-order valence-electron chi connectivity index (χ3n) is 5.11. The predicted octanol–water partition coefficient (Wildman–Crippen LogP) is 5.81. The summed E-state index contributed by atoms with van der Waals surface area (Å²) in [7, 11) is 0. The van der Waals surface area contributed by atoms with Gasteiger partial charge in [0.2, 0.25) is 0 Å². The van der Waals surface area contributed by atoms with Gasteiger partial charge >= 0.3 is 0 Å². The summed E-state index contributed by atoms with van der Waals surface area (Å²) in [5, 5.41) is 1.26. The van der Waals surface area contributed by atoms with Crippen molar-refractivity contribution in [2.24, 2.45) is 5.73 Å². The average molecular weight is 365 g/mol. The first-order chi connectivity index (χ1) is 12.9. The van der Waals surface area contributed by atoms with Crippen molar-refractivity contribution in [2.45, 2.75) is 52.4 Å². The van der Waals surface area contributed by atoms with Crippen molar-refractivity contribution in [2.75, 3.05) is 13.2 Å². The van der Waals surface area contributed by atoms with E-state index in [9.17, 15) is 0 Å². The maximum Gasteiger partial charge on any atom is 0.120 e. The van der Waals surface area contributed by atoms with E-state index in [4.69, 9.17) is 10.5 Å². The predicted molar refractivity (Wildman–Crippen MR) is 116 cm³/mol. The quantitative estimate of drug-likeness (QED) is 0.520. The summed E-state index contributed by atoms with van der Waals surface area (Å²) in [5.74, 6) is 0.929. The summed E-state index contributed by atoms with van der Waals surface area (Å²) >= 11 is 0. The number of ether oxygens (including phenoxy) is 1. The molecule has 0 unspecified atom stereocenters. The van der Waals surface area contributed by atoms with Gasteiger partial charge in [0.1, 0.15) is 5.75 Å². The number of fused-ring (bicyclic) bond motifs is 1. The third-order valence-corrected chi connectivity index (χ3v) is 5.11. The van der Waals surface area contributed by atoms with E-state index in [1.165, 1.54) is 27.8 Å². The van der Waals surface area contributed by atoms with Crippen molar-refractivity contribution >= 4 is 10.9 Å². The van der Waals surface area contributed by atoms with E-state index in [0.717, 1.165) is 37.1 Å². The molecule has 27 heavy (non-hydrogen) atoms. The minimum atomic E-state index is 0.162. The number of nitrogens with two attached hydrogens (primary N) is 1. The number of hydrogen-bond acceptors (Lipinski definition) is 2. The number of unbranched alkanes of at least 4 members (excludes halogenated alkanes) is 1. The van der Waals surface area contributed by atoms with Crippen LogP contribution in [0.2, 0.25) is 0 Å². The Morgan fingerprint density at radius 3 is 2.37 bits per heavy atom. The van der Waals surface area contributed by atoms with E-state index in [-0.39, 0.29) is 5.41 Å². The highest BCUT2D eigenvalue weighted by atomic mass is 16.5. The van der Waals surface area contributed by atoms with E-state index >= 15 is 0 Å². The van der Waals surface area contributed by atoms with Gasteiger partial charge in [-0.2, -0.15) is 0 Å². The Morgan fingerprint density at radius 2 is 1.74 bits per heavy atom. The smallest absolute Gasteiger partial charge is 0.120 e. The van der Waals surface area contributed by atoms with Crippen LogP contribution in [0.15, 0.2) is 42.5 Å². The number of H-pyrrole nitrogens is 1. The van der Waals surface area contributed by atoms with Crippen LogP contribution in [0.1, 0.15) is 51.7 Å². The van der Waals surface area contributed by atoms with Gasteiger partial charge in [-0.3, -0.25) is 0 Å². The minimum Gasteiger partial charge on any atom is -0.494 e. The van der Waals surface area contributed by atoms with Crippen molar-refractivity contribution in [3.63, 3.8) is 0 Å². The molecule has 2 aromatic carbocycles. The fourth-order valence-corrected chi connectivity index (χ4v) is 3.57. The second-order valence-corrected chi connectivity index (χ2v) is 8.19. The molecule has 144 valence electrons. The highest BCUT2D eigenvalue weighted by Crippen LogP contribution is 2.34. The molecule has 1 aromatic heterocycles. The largest absolute Gasteiger partial charge is 0.494 e. The molecule has 3 heteroatoms. The second-order valence-electron chi connectivity index (χ2n) is 8.19. The zero-order valence-corrected chi connectivity index (χ0v) is 17.1. The molecular formula is C24H32N2O. The van der Waals surface area contributed by atoms with Crippen molar-refractivity contribution in [3.8, 4) is 17.0 Å². The van der Waals surface area contributed by atoms with Crippen LogP contribution in [0.25, 0.3) is 22.2 Å². The minimum absolute atomic E-state index is 0.162. The third kappa shape index (κ3) is 4.36. The lowest BCUT2D eigenvalue weighted by molar-refractivity contribution is 0.340. The van der Waals surface area contributed by atoms with Gasteiger partial charge in [-0.15, -0.1) is 0 Å². The molecule has 3 aromatic rings. The maximum absolute atomic E-state index is 5.73. The molecule has 3 nitrogen and oxygen atoms in total. The Labute approximate surface area is 162 Å². The fourth-order valence-electron chi connectivity index (χ4n) is 3.57. The highest BCUT2D eigenvalue weighted by molar-refractivity contribution is 5.91. The van der Waals surface area contributed by atoms with Gasteiger partial charge in [0.05, 0.1) is 6.61 Å². The van der Waals surface area contributed by atoms with Crippen molar-refractivity contribution < 1.29 is 4.74 Å². The van der Waals surface area contributed by atoms with E-state index < -0.39 is 0 Å². The van der Waals surface area contributed by atoms with E-state index in [0.29, 0.717) is 6.61 Å². The summed E-state index contributed by atoms with van der Waals surface area (Å²) in [4.78, 5) is 3.65. The van der Waals surface area contributed by atoms with E-state index in [1.807, 2.05) is 13.0 Å². The zero-order chi connectivity index (χ0) is 19.4. The SMILES string of the molecule is CCOc1ccc2[nH]c(-c3ccc(C(C)(C)C)cc3)c(CCCCN)c2c1. The van der Waals surface area contributed by atoms with Gasteiger partial charge in [0, 0.05) is 16.6 Å². The lowest BCUT2D eigenvalue weighted by Crippen LogP contribution is -2.10. The summed E-state index contributed by atoms with van der Waals surface area (Å²) in [6, 6.07) is 15.3. The maximum atomic E-state index is 5.73. The Morgan fingerprint density at radius 1 is 1.00 bits per heavy atom. The number of aromatic amines is 1. The number of rotatable bonds is 7. The van der Waals surface area contributed by atoms with Gasteiger partial charge in [-0.05, 0) is 73.0 Å². The number of benzene rings is 2. The Bertz CT molecular complexity index is 885. The molecule has 0 amide bonds. The highest BCUT2D eigenvalue weighted by Gasteiger charge is 2.16. The van der Waals surface area contributed by atoms with Crippen LogP contribution in [0.4, 0.5) is 0 Å². The van der Waals surface area contributed by atoms with Crippen LogP contribution in [-0.4, -0.2) is 18.1 Å². The standard InChI is InChI=1S/C24H32N2O/c1-5-27-19-13-14-22-21(16-19)20(8-6-7-15-25)23(26-22)17-9-11-18(12-10-17)24(2,3)4/h9-14,16,26H,5-8,15,25H2,1-4H3. The topological polar surface area (TPSA) is 51.0 Å². The van der Waals surface area contributed by atoms with Gasteiger partial charge in [0.25, 0.3) is 0 Å². The van der Waals surface area contributed by atoms with Gasteiger partial charge < -0.3 is 15.5 Å². The van der Waals surface area contributed by atoms with Crippen molar-refractivity contribution in [1.29, 1.82) is 0 Å². The Kier molecular flexibility index (Phi) is 5.91. The summed E-state index contributed by atoms with van der Waals surface area (Å²) < 4.78 is 5.73. The van der Waals surface area contributed by atoms with Gasteiger partial charge in [-0.1, -0.05) is 45.0 Å². The molecule has 0 radical (unpaired) electrons. The van der Waals surface area contributed by atoms with Crippen LogP contribution in [0, 0.1) is 0 Å². The summed E-state index contributed by atoms with van der Waals surface area (Å²) in [6.45, 7) is 10.2. The molecule has 0 bridgehead atoms. The molecule has 0 saturated heterocycles. The van der Waals surface area contributed by atoms with Crippen LogP contribution in [-0.2, 0) is 11.8 Å². The van der Waals surface area contributed by atoms with Gasteiger partial charge in [0.15, 0.2) is 0 Å². The Hall–Kier alpha value is -2.26. The fraction of sp³-hybridized carbons (Fsp3) is 0.417. The molecule has 0 aliphatic carbocycles. The van der Waals surface area contributed by atoms with E-state index in [2.05, 4.69) is 62.2 Å². The zero-order valence-electron chi connectivity index (χ0n) is 17.1. The molecule has 0 aliphatic heterocycles. The van der Waals surface area contributed by atoms with Gasteiger partial charge in [-0.25, -0.2) is 0 Å². The van der Waals surface area contributed by atoms with Crippen LogP contribution < -0.4 is 10.5 Å². The van der Waals surface area contributed by atoms with Crippen molar-refractivity contribution in [3.05, 3.63) is 53.6 Å². The monoisotopic (exact) mass is 364 g/mol. The molecule has 0 fully saturated rings. The number of aromatic nitrogens is 1. The van der Waals surface area contributed by atoms with E-state index in [1.54, 1.807) is 0 Å². The lowest BCUT2D eigenvalue weighted by Gasteiger charge is -2.19. The second kappa shape index (κ2) is 8.18. The first-order valence-electron chi connectivity index (χ1n) is 10.0. The number of aryl methyl sites for hydroxylation is 1. The lowest BCUT2D eigenvalue weighted by atomic mass is 9.86. The normalized spacial score (nSPS) is 11.9. The molecule has 0 aliphatic rings. The molecule has 3 rings (SSSR count). The molecule has 1 heterocycles. The van der Waals surface area contributed by atoms with Crippen LogP contribution in [0.3, 0.4) is 0 Å². The van der Waals surface area contributed by atoms with Crippen molar-refractivity contribution in [1.82, 2.24) is 4.98 Å². The average Bonchev–Trinajstić information content (AvgIpc) is 3.00. The molecule has 0 saturated carbocycles. The molecule has 0 atom stereocenters. The van der Waals surface area contributed by atoms with Crippen LogP contribution >= 0.6 is 0 Å². The molecule has 0 spiro atoms. The molecular weight excluding hydrogens is 332 g/mol. The summed E-state index contributed by atoms with van der Waals surface area (Å²) in [6.07, 6.45) is 3.15.